The number of hydrogen-bond acceptors (Lipinski definition) is 1. The third-order valence-electron chi connectivity index (χ3n) is 4.69. The molecule has 0 N–H and O–H groups in total. The van der Waals surface area contributed by atoms with Gasteiger partial charge in [0.2, 0.25) is 0 Å². The van der Waals surface area contributed by atoms with Crippen LogP contribution in [0.4, 0.5) is 13.2 Å². The zero-order valence-corrected chi connectivity index (χ0v) is 20.4. The molecule has 0 saturated heterocycles. The van der Waals surface area contributed by atoms with Gasteiger partial charge >= 0.3 is 6.18 Å². The molecule has 1 rings (SSSR count). The van der Waals surface area contributed by atoms with Gasteiger partial charge < -0.3 is 4.74 Å². The number of benzene rings is 1. The molecular formula is C25H41F3O. The Morgan fingerprint density at radius 3 is 1.17 bits per heavy atom. The Balaban J connectivity index is 4.17. The first-order valence-electron chi connectivity index (χ1n) is 10.8. The van der Waals surface area contributed by atoms with Gasteiger partial charge in [0.15, 0.2) is 0 Å². The van der Waals surface area contributed by atoms with E-state index < -0.39 is 17.3 Å². The standard InChI is InChI=1S/C25H41F3O/c1-12-16-18(14-22(3,4)5)21(29-24(9,10)11)19(15-23(6,7)8)17(13-2)20(16)25(26,27)28/h12-15H2,1-11H3. The third kappa shape index (κ3) is 7.22. The van der Waals surface area contributed by atoms with E-state index in [9.17, 15) is 13.2 Å². The van der Waals surface area contributed by atoms with Crippen LogP contribution in [0.2, 0.25) is 0 Å². The summed E-state index contributed by atoms with van der Waals surface area (Å²) in [5, 5.41) is 0. The van der Waals surface area contributed by atoms with Crippen molar-refractivity contribution in [3.63, 3.8) is 0 Å². The number of hydrogen-bond donors (Lipinski definition) is 0. The van der Waals surface area contributed by atoms with Gasteiger partial charge in [-0.25, -0.2) is 0 Å². The summed E-state index contributed by atoms with van der Waals surface area (Å²) in [4.78, 5) is 0. The first-order valence-corrected chi connectivity index (χ1v) is 10.8. The molecular weight excluding hydrogens is 373 g/mol. The Morgan fingerprint density at radius 1 is 0.621 bits per heavy atom. The molecule has 1 aromatic rings. The maximum atomic E-state index is 14.3. The molecule has 0 radical (unpaired) electrons. The summed E-state index contributed by atoms with van der Waals surface area (Å²) >= 11 is 0. The average Bonchev–Trinajstić information content (AvgIpc) is 2.45. The fourth-order valence-corrected chi connectivity index (χ4v) is 3.93. The second kappa shape index (κ2) is 8.51. The lowest BCUT2D eigenvalue weighted by molar-refractivity contribution is -0.139. The molecule has 1 aromatic carbocycles. The molecule has 29 heavy (non-hydrogen) atoms. The molecule has 1 nitrogen and oxygen atoms in total. The Bertz CT molecular complexity index is 663. The van der Waals surface area contributed by atoms with E-state index >= 15 is 0 Å². The number of ether oxygens (including phenoxy) is 1. The van der Waals surface area contributed by atoms with E-state index in [1.165, 1.54) is 0 Å². The lowest BCUT2D eigenvalue weighted by atomic mass is 9.77. The minimum absolute atomic E-state index is 0.157. The summed E-state index contributed by atoms with van der Waals surface area (Å²) in [7, 11) is 0. The van der Waals surface area contributed by atoms with Crippen LogP contribution in [-0.4, -0.2) is 5.60 Å². The molecule has 0 aliphatic heterocycles. The summed E-state index contributed by atoms with van der Waals surface area (Å²) < 4.78 is 49.5. The van der Waals surface area contributed by atoms with E-state index in [1.54, 1.807) is 0 Å². The normalized spacial score (nSPS) is 13.7. The average molecular weight is 415 g/mol. The largest absolute Gasteiger partial charge is 0.488 e. The van der Waals surface area contributed by atoms with Crippen LogP contribution in [0.5, 0.6) is 5.75 Å². The fourth-order valence-electron chi connectivity index (χ4n) is 3.93. The van der Waals surface area contributed by atoms with Crippen molar-refractivity contribution < 1.29 is 17.9 Å². The van der Waals surface area contributed by atoms with Gasteiger partial charge in [-0.05, 0) is 79.5 Å². The monoisotopic (exact) mass is 414 g/mol. The topological polar surface area (TPSA) is 9.23 Å². The highest BCUT2D eigenvalue weighted by Gasteiger charge is 2.40. The fraction of sp³-hybridized carbons (Fsp3) is 0.760. The molecule has 0 atom stereocenters. The van der Waals surface area contributed by atoms with Crippen molar-refractivity contribution in [1.29, 1.82) is 0 Å². The lowest BCUT2D eigenvalue weighted by Crippen LogP contribution is -2.29. The van der Waals surface area contributed by atoms with Gasteiger partial charge in [0, 0.05) is 0 Å². The van der Waals surface area contributed by atoms with E-state index in [2.05, 4.69) is 41.5 Å². The van der Waals surface area contributed by atoms with Crippen LogP contribution < -0.4 is 4.74 Å². The number of halogens is 3. The first-order chi connectivity index (χ1) is 12.8. The van der Waals surface area contributed by atoms with E-state index in [-0.39, 0.29) is 10.8 Å². The predicted octanol–water partition coefficient (Wildman–Crippen LogP) is 8.18. The molecule has 168 valence electrons. The number of rotatable bonds is 5. The van der Waals surface area contributed by atoms with Gasteiger partial charge in [-0.3, -0.25) is 0 Å². The van der Waals surface area contributed by atoms with Gasteiger partial charge in [-0.2, -0.15) is 13.2 Å². The van der Waals surface area contributed by atoms with E-state index in [0.29, 0.717) is 42.6 Å². The van der Waals surface area contributed by atoms with E-state index in [0.717, 1.165) is 11.1 Å². The van der Waals surface area contributed by atoms with Crippen LogP contribution in [0.1, 0.15) is 104 Å². The van der Waals surface area contributed by atoms with Gasteiger partial charge in [-0.15, -0.1) is 0 Å². The smallest absolute Gasteiger partial charge is 0.416 e. The van der Waals surface area contributed by atoms with Crippen molar-refractivity contribution in [2.75, 3.05) is 0 Å². The van der Waals surface area contributed by atoms with E-state index in [1.807, 2.05) is 34.6 Å². The Morgan fingerprint density at radius 2 is 0.966 bits per heavy atom. The van der Waals surface area contributed by atoms with Crippen LogP contribution in [0.3, 0.4) is 0 Å². The first kappa shape index (κ1) is 25.8. The summed E-state index contributed by atoms with van der Waals surface area (Å²) in [6.07, 6.45) is -2.61. The SMILES string of the molecule is CCc1c(CC(C)(C)C)c(OC(C)(C)C)c(CC(C)(C)C)c(CC)c1C(F)(F)F. The highest BCUT2D eigenvalue weighted by Crippen LogP contribution is 2.47. The van der Waals surface area contributed by atoms with Crippen molar-refractivity contribution in [2.24, 2.45) is 10.8 Å². The third-order valence-corrected chi connectivity index (χ3v) is 4.69. The number of alkyl halides is 3. The van der Waals surface area contributed by atoms with Crippen LogP contribution in [0.25, 0.3) is 0 Å². The molecule has 0 saturated carbocycles. The van der Waals surface area contributed by atoms with Gasteiger partial charge in [0.25, 0.3) is 0 Å². The second-order valence-corrected chi connectivity index (χ2v) is 11.5. The molecule has 4 heteroatoms. The quantitative estimate of drug-likeness (QED) is 0.472. The van der Waals surface area contributed by atoms with E-state index in [4.69, 9.17) is 4.74 Å². The molecule has 0 spiro atoms. The molecule has 0 heterocycles. The molecule has 0 unspecified atom stereocenters. The summed E-state index contributed by atoms with van der Waals surface area (Å²) in [5.41, 5.74) is 1.04. The molecule has 0 amide bonds. The van der Waals surface area contributed by atoms with Crippen LogP contribution >= 0.6 is 0 Å². The van der Waals surface area contributed by atoms with Gasteiger partial charge in [0.1, 0.15) is 11.4 Å². The van der Waals surface area contributed by atoms with Crippen LogP contribution in [0.15, 0.2) is 0 Å². The van der Waals surface area contributed by atoms with Crippen molar-refractivity contribution >= 4 is 0 Å². The van der Waals surface area contributed by atoms with Crippen LogP contribution in [0, 0.1) is 10.8 Å². The molecule has 0 aliphatic carbocycles. The Kier molecular flexibility index (Phi) is 7.58. The highest BCUT2D eigenvalue weighted by atomic mass is 19.4. The highest BCUT2D eigenvalue weighted by molar-refractivity contribution is 5.58. The Hall–Kier alpha value is -1.19. The van der Waals surface area contributed by atoms with Gasteiger partial charge in [0.05, 0.1) is 5.56 Å². The van der Waals surface area contributed by atoms with Crippen molar-refractivity contribution in [1.82, 2.24) is 0 Å². The summed E-state index contributed by atoms with van der Waals surface area (Å²) in [6.45, 7) is 21.9. The maximum Gasteiger partial charge on any atom is 0.416 e. The predicted molar refractivity (Wildman–Crippen MR) is 117 cm³/mol. The molecule has 0 aromatic heterocycles. The summed E-state index contributed by atoms with van der Waals surface area (Å²) in [5.74, 6) is 0.684. The van der Waals surface area contributed by atoms with Crippen molar-refractivity contribution in [3.8, 4) is 5.75 Å². The molecule has 0 aliphatic rings. The van der Waals surface area contributed by atoms with Crippen LogP contribution in [-0.2, 0) is 31.9 Å². The molecule has 0 fully saturated rings. The lowest BCUT2D eigenvalue weighted by Gasteiger charge is -2.34. The summed E-state index contributed by atoms with van der Waals surface area (Å²) in [6, 6.07) is 0. The minimum Gasteiger partial charge on any atom is -0.488 e. The molecule has 0 bridgehead atoms. The zero-order valence-electron chi connectivity index (χ0n) is 20.4. The van der Waals surface area contributed by atoms with Gasteiger partial charge in [-0.1, -0.05) is 55.4 Å². The van der Waals surface area contributed by atoms with Crippen molar-refractivity contribution in [3.05, 3.63) is 27.8 Å². The maximum absolute atomic E-state index is 14.3. The van der Waals surface area contributed by atoms with Crippen molar-refractivity contribution in [2.45, 2.75) is 114 Å². The minimum atomic E-state index is -4.38. The Labute approximate surface area is 176 Å². The zero-order chi connectivity index (χ0) is 23.0. The second-order valence-electron chi connectivity index (χ2n) is 11.5.